The Bertz CT molecular complexity index is 1500. The Kier molecular flexibility index (Phi) is 54.8. The van der Waals surface area contributed by atoms with Crippen molar-refractivity contribution in [2.45, 2.75) is 258 Å². The fraction of sp³-hybridized carbons (Fsp3) is 0.710. The number of unbranched alkanes of at least 4 members (excludes halogenated alkanes) is 25. The highest BCUT2D eigenvalue weighted by Gasteiger charge is 2.26. The number of nitrogens with two attached hydrogens (primary N) is 1. The van der Waals surface area contributed by atoms with E-state index in [1.807, 2.05) is 0 Å². The second-order valence-electron chi connectivity index (χ2n) is 19.1. The average Bonchev–Trinajstić information content (AvgIpc) is 3.37. The predicted octanol–water partition coefficient (Wildman–Crippen LogP) is 18.5. The molecule has 10 heteroatoms. The summed E-state index contributed by atoms with van der Waals surface area (Å²) in [5.74, 6) is -0.838. The summed E-state index contributed by atoms with van der Waals surface area (Å²) >= 11 is 0. The highest BCUT2D eigenvalue weighted by molar-refractivity contribution is 7.47. The van der Waals surface area contributed by atoms with Crippen LogP contribution in [0.1, 0.15) is 251 Å². The van der Waals surface area contributed by atoms with Gasteiger partial charge in [-0.25, -0.2) is 4.57 Å². The molecule has 2 atom stereocenters. The smallest absolute Gasteiger partial charge is 0.462 e. The largest absolute Gasteiger partial charge is 0.472 e. The first kappa shape index (κ1) is 68.9. The molecular weight excluding hydrogens is 918 g/mol. The van der Waals surface area contributed by atoms with E-state index in [9.17, 15) is 19.0 Å². The standard InChI is InChI=1S/C62H108NO8P/c1-3-5-7-9-11-13-15-17-19-21-22-23-24-25-26-27-28-29-30-31-32-33-34-35-36-37-38-39-41-43-45-47-49-51-53-55-62(65)71-60(59-70-72(66,67)69-57-56-63)58-68-61(64)54-52-50-48-46-44-42-40-20-18-16-14-12-10-8-6-4-2/h5,7,11,13,17,19-20,22-23,25-26,28-29,31-32,40,60H,3-4,6,8-10,12,14-16,18,21,24,27,30,33-39,41-59,63H2,1-2H3,(H,66,67)/b7-5-,13-11-,19-17-,23-22-,26-25-,29-28-,32-31-,40-20-. The molecule has 0 aromatic heterocycles. The Morgan fingerprint density at radius 1 is 0.431 bits per heavy atom. The SMILES string of the molecule is CC/C=C\C/C=C\C/C=C\C/C=C\C/C=C\C/C=C\C/C=C\CCCCCCCCCCCCCCCC(=O)OC(COC(=O)CCCCCCC/C=C\CCCCCCCCC)COP(=O)(O)OCCN. The van der Waals surface area contributed by atoms with Crippen LogP contribution in [-0.4, -0.2) is 49.3 Å². The van der Waals surface area contributed by atoms with Crippen molar-refractivity contribution in [1.82, 2.24) is 0 Å². The fourth-order valence-corrected chi connectivity index (χ4v) is 8.67. The predicted molar refractivity (Wildman–Crippen MR) is 307 cm³/mol. The maximum atomic E-state index is 12.7. The first-order valence-electron chi connectivity index (χ1n) is 29.2. The van der Waals surface area contributed by atoms with Crippen molar-refractivity contribution in [3.8, 4) is 0 Å². The molecule has 414 valence electrons. The third-order valence-electron chi connectivity index (χ3n) is 12.2. The number of rotatable bonds is 54. The Morgan fingerprint density at radius 2 is 0.764 bits per heavy atom. The zero-order valence-corrected chi connectivity index (χ0v) is 47.0. The van der Waals surface area contributed by atoms with Crippen molar-refractivity contribution in [3.63, 3.8) is 0 Å². The molecule has 0 aliphatic carbocycles. The molecule has 0 saturated heterocycles. The van der Waals surface area contributed by atoms with E-state index in [1.165, 1.54) is 116 Å². The summed E-state index contributed by atoms with van der Waals surface area (Å²) in [6.45, 7) is 3.62. The summed E-state index contributed by atoms with van der Waals surface area (Å²) in [6, 6.07) is 0. The minimum Gasteiger partial charge on any atom is -0.462 e. The molecule has 0 aromatic rings. The van der Waals surface area contributed by atoms with Crippen LogP contribution in [0, 0.1) is 0 Å². The van der Waals surface area contributed by atoms with Crippen LogP contribution in [0.25, 0.3) is 0 Å². The molecule has 0 saturated carbocycles. The zero-order valence-electron chi connectivity index (χ0n) is 46.1. The Balaban J connectivity index is 3.94. The van der Waals surface area contributed by atoms with Gasteiger partial charge in [0.25, 0.3) is 0 Å². The number of ether oxygens (including phenoxy) is 2. The first-order chi connectivity index (χ1) is 35.3. The highest BCUT2D eigenvalue weighted by Crippen LogP contribution is 2.43. The van der Waals surface area contributed by atoms with Crippen molar-refractivity contribution in [2.75, 3.05) is 26.4 Å². The normalized spacial score (nSPS) is 13.8. The van der Waals surface area contributed by atoms with Crippen molar-refractivity contribution in [1.29, 1.82) is 0 Å². The van der Waals surface area contributed by atoms with E-state index in [1.54, 1.807) is 0 Å². The van der Waals surface area contributed by atoms with E-state index >= 15 is 0 Å². The minimum absolute atomic E-state index is 0.0492. The summed E-state index contributed by atoms with van der Waals surface area (Å²) in [5, 5.41) is 0. The molecule has 0 radical (unpaired) electrons. The first-order valence-corrected chi connectivity index (χ1v) is 30.7. The third-order valence-corrected chi connectivity index (χ3v) is 13.2. The van der Waals surface area contributed by atoms with E-state index in [0.29, 0.717) is 6.42 Å². The lowest BCUT2D eigenvalue weighted by Gasteiger charge is -2.19. The van der Waals surface area contributed by atoms with Gasteiger partial charge in [-0.15, -0.1) is 0 Å². The molecule has 0 heterocycles. The van der Waals surface area contributed by atoms with Crippen LogP contribution in [0.15, 0.2) is 97.2 Å². The van der Waals surface area contributed by atoms with Crippen molar-refractivity contribution in [3.05, 3.63) is 97.2 Å². The third kappa shape index (κ3) is 56.2. The van der Waals surface area contributed by atoms with Gasteiger partial charge in [0.05, 0.1) is 13.2 Å². The molecular formula is C62H108NO8P. The molecule has 0 aliphatic heterocycles. The molecule has 0 fully saturated rings. The highest BCUT2D eigenvalue weighted by atomic mass is 31.2. The lowest BCUT2D eigenvalue weighted by Crippen LogP contribution is -2.29. The van der Waals surface area contributed by atoms with Crippen molar-refractivity contribution in [2.24, 2.45) is 5.73 Å². The molecule has 3 N–H and O–H groups in total. The van der Waals surface area contributed by atoms with Crippen LogP contribution < -0.4 is 5.73 Å². The molecule has 0 aliphatic rings. The quantitative estimate of drug-likeness (QED) is 0.0264. The topological polar surface area (TPSA) is 134 Å². The Hall–Kier alpha value is -3.07. The number of esters is 2. The molecule has 2 unspecified atom stereocenters. The average molecular weight is 1030 g/mol. The zero-order chi connectivity index (χ0) is 52.4. The summed E-state index contributed by atoms with van der Waals surface area (Å²) in [6.07, 6.45) is 76.1. The van der Waals surface area contributed by atoms with Crippen LogP contribution >= 0.6 is 7.82 Å². The van der Waals surface area contributed by atoms with E-state index in [0.717, 1.165) is 103 Å². The van der Waals surface area contributed by atoms with Crippen LogP contribution in [0.3, 0.4) is 0 Å². The Morgan fingerprint density at radius 3 is 1.15 bits per heavy atom. The molecule has 0 amide bonds. The molecule has 9 nitrogen and oxygen atoms in total. The fourth-order valence-electron chi connectivity index (χ4n) is 7.91. The van der Waals surface area contributed by atoms with E-state index < -0.39 is 26.5 Å². The maximum absolute atomic E-state index is 12.7. The van der Waals surface area contributed by atoms with Gasteiger partial charge in [0, 0.05) is 19.4 Å². The van der Waals surface area contributed by atoms with Gasteiger partial charge in [-0.1, -0.05) is 239 Å². The van der Waals surface area contributed by atoms with Crippen LogP contribution in [-0.2, 0) is 32.7 Å². The molecule has 0 rings (SSSR count). The summed E-state index contributed by atoms with van der Waals surface area (Å²) in [5.41, 5.74) is 5.38. The second-order valence-corrected chi connectivity index (χ2v) is 20.6. The van der Waals surface area contributed by atoms with Gasteiger partial charge in [0.15, 0.2) is 6.10 Å². The lowest BCUT2D eigenvalue weighted by molar-refractivity contribution is -0.161. The number of allylic oxidation sites excluding steroid dienone is 16. The van der Waals surface area contributed by atoms with Gasteiger partial charge in [0.2, 0.25) is 0 Å². The Labute approximate surface area is 442 Å². The number of phosphoric acid groups is 1. The van der Waals surface area contributed by atoms with Gasteiger partial charge in [0.1, 0.15) is 6.61 Å². The minimum atomic E-state index is -4.39. The van der Waals surface area contributed by atoms with Crippen LogP contribution in [0.4, 0.5) is 0 Å². The second kappa shape index (κ2) is 57.2. The molecule has 72 heavy (non-hydrogen) atoms. The van der Waals surface area contributed by atoms with Crippen molar-refractivity contribution >= 4 is 19.8 Å². The van der Waals surface area contributed by atoms with E-state index in [-0.39, 0.29) is 38.6 Å². The van der Waals surface area contributed by atoms with Gasteiger partial charge in [-0.2, -0.15) is 0 Å². The number of hydrogen-bond acceptors (Lipinski definition) is 8. The summed E-state index contributed by atoms with van der Waals surface area (Å²) < 4.78 is 33.0. The number of carbonyl (C=O) groups is 2. The van der Waals surface area contributed by atoms with Crippen molar-refractivity contribution < 1.29 is 37.6 Å². The summed E-state index contributed by atoms with van der Waals surface area (Å²) in [4.78, 5) is 35.1. The van der Waals surface area contributed by atoms with Gasteiger partial charge in [-0.3, -0.25) is 18.6 Å². The van der Waals surface area contributed by atoms with Gasteiger partial charge < -0.3 is 20.1 Å². The number of hydrogen-bond donors (Lipinski definition) is 2. The monoisotopic (exact) mass is 1030 g/mol. The van der Waals surface area contributed by atoms with E-state index in [2.05, 4.69) is 111 Å². The van der Waals surface area contributed by atoms with Gasteiger partial charge >= 0.3 is 19.8 Å². The number of carbonyl (C=O) groups excluding carboxylic acids is 2. The molecule has 0 spiro atoms. The lowest BCUT2D eigenvalue weighted by atomic mass is 10.0. The molecule has 0 aromatic carbocycles. The van der Waals surface area contributed by atoms with Crippen LogP contribution in [0.5, 0.6) is 0 Å². The maximum Gasteiger partial charge on any atom is 0.472 e. The van der Waals surface area contributed by atoms with Crippen LogP contribution in [0.2, 0.25) is 0 Å². The molecule has 0 bridgehead atoms. The number of phosphoric ester groups is 1. The van der Waals surface area contributed by atoms with E-state index in [4.69, 9.17) is 24.3 Å². The summed E-state index contributed by atoms with van der Waals surface area (Å²) in [7, 11) is -4.39. The van der Waals surface area contributed by atoms with Gasteiger partial charge in [-0.05, 0) is 96.3 Å².